The van der Waals surface area contributed by atoms with Gasteiger partial charge in [0.25, 0.3) is 0 Å². The molecule has 0 radical (unpaired) electrons. The van der Waals surface area contributed by atoms with Crippen LogP contribution < -0.4 is 5.73 Å². The minimum Gasteiger partial charge on any atom is -0.480 e. The molecule has 0 aromatic carbocycles. The first-order valence-corrected chi connectivity index (χ1v) is 3.87. The highest BCUT2D eigenvalue weighted by Gasteiger charge is 2.06. The lowest BCUT2D eigenvalue weighted by molar-refractivity contribution is -0.137. The molecule has 0 aliphatic rings. The number of carbonyl (C=O) groups is 1. The van der Waals surface area contributed by atoms with E-state index in [4.69, 9.17) is 10.8 Å². The number of carboxylic acids is 1. The first kappa shape index (κ1) is 10.8. The highest BCUT2D eigenvalue weighted by atomic mass is 16.4. The second-order valence-corrected chi connectivity index (χ2v) is 2.77. The number of carboxylic acid groups (broad SMARTS) is 1. The van der Waals surface area contributed by atoms with Crippen LogP contribution in [-0.4, -0.2) is 29.6 Å². The zero-order valence-electron chi connectivity index (χ0n) is 7.79. The van der Waals surface area contributed by atoms with Gasteiger partial charge in [-0.25, -0.2) is 0 Å². The molecule has 0 rings (SSSR count). The number of rotatable bonds is 4. The molecule has 70 valence electrons. The number of hydrogen-bond donors (Lipinski definition) is 2. The Bertz CT molecular complexity index is 199. The van der Waals surface area contributed by atoms with Gasteiger partial charge < -0.3 is 15.7 Å². The van der Waals surface area contributed by atoms with Crippen molar-refractivity contribution in [2.24, 2.45) is 5.73 Å². The fraction of sp³-hybridized carbons (Fsp3) is 0.625. The maximum Gasteiger partial charge on any atom is 0.323 e. The summed E-state index contributed by atoms with van der Waals surface area (Å²) in [5.74, 6) is -0.316. The first-order chi connectivity index (χ1) is 5.49. The van der Waals surface area contributed by atoms with Crippen LogP contribution in [0.1, 0.15) is 20.3 Å². The topological polar surface area (TPSA) is 66.6 Å². The maximum absolute atomic E-state index is 10.3. The van der Waals surface area contributed by atoms with E-state index in [2.05, 4.69) is 0 Å². The van der Waals surface area contributed by atoms with Crippen LogP contribution in [0.15, 0.2) is 11.4 Å². The molecule has 0 heterocycles. The van der Waals surface area contributed by atoms with Gasteiger partial charge in [0.15, 0.2) is 0 Å². The van der Waals surface area contributed by atoms with E-state index in [9.17, 15) is 4.79 Å². The molecule has 0 saturated heterocycles. The quantitative estimate of drug-likeness (QED) is 0.651. The number of nitrogens with zero attached hydrogens (tertiary/aromatic N) is 1. The predicted octanol–water partition coefficient (Wildman–Crippen LogP) is 0.603. The minimum absolute atomic E-state index is 0.0524. The van der Waals surface area contributed by atoms with Crippen LogP contribution in [0.5, 0.6) is 0 Å². The van der Waals surface area contributed by atoms with Gasteiger partial charge >= 0.3 is 5.97 Å². The van der Waals surface area contributed by atoms with Gasteiger partial charge in [0.05, 0.1) is 5.82 Å². The molecule has 0 aliphatic carbocycles. The number of allylic oxidation sites excluding steroid dienone is 1. The molecule has 0 bridgehead atoms. The SMILES string of the molecule is CC/C(C)=C(/N)N(C)CC(=O)O. The molecule has 4 nitrogen and oxygen atoms in total. The number of aliphatic carboxylic acids is 1. The molecular weight excluding hydrogens is 156 g/mol. The lowest BCUT2D eigenvalue weighted by atomic mass is 10.2. The third kappa shape index (κ3) is 3.27. The Morgan fingerprint density at radius 1 is 1.58 bits per heavy atom. The summed E-state index contributed by atoms with van der Waals surface area (Å²) in [5, 5.41) is 8.47. The van der Waals surface area contributed by atoms with Crippen LogP contribution in [0.3, 0.4) is 0 Å². The average Bonchev–Trinajstić information content (AvgIpc) is 2.00. The maximum atomic E-state index is 10.3. The second-order valence-electron chi connectivity index (χ2n) is 2.77. The van der Waals surface area contributed by atoms with Gasteiger partial charge in [0.1, 0.15) is 6.54 Å². The fourth-order valence-corrected chi connectivity index (χ4v) is 0.795. The lowest BCUT2D eigenvalue weighted by Crippen LogP contribution is -2.30. The number of hydrogen-bond acceptors (Lipinski definition) is 3. The monoisotopic (exact) mass is 172 g/mol. The number of nitrogens with two attached hydrogens (primary N) is 1. The Morgan fingerprint density at radius 2 is 2.08 bits per heavy atom. The van der Waals surface area contributed by atoms with Gasteiger partial charge in [-0.3, -0.25) is 4.79 Å². The standard InChI is InChI=1S/C8H16N2O2/c1-4-6(2)8(9)10(3)5-7(11)12/h4-5,9H2,1-3H3,(H,11,12)/b8-6-. The van der Waals surface area contributed by atoms with Crippen LogP contribution in [0.2, 0.25) is 0 Å². The Morgan fingerprint density at radius 3 is 2.42 bits per heavy atom. The van der Waals surface area contributed by atoms with E-state index in [0.717, 1.165) is 12.0 Å². The molecule has 0 aromatic rings. The van der Waals surface area contributed by atoms with Gasteiger partial charge in [0.2, 0.25) is 0 Å². The molecule has 0 aliphatic heterocycles. The summed E-state index contributed by atoms with van der Waals surface area (Å²) < 4.78 is 0. The lowest BCUT2D eigenvalue weighted by Gasteiger charge is -2.18. The van der Waals surface area contributed by atoms with Crippen LogP contribution in [0, 0.1) is 0 Å². The molecule has 0 aromatic heterocycles. The molecule has 0 atom stereocenters. The Kier molecular flexibility index (Phi) is 4.18. The molecule has 0 amide bonds. The van der Waals surface area contributed by atoms with Gasteiger partial charge in [-0.05, 0) is 18.9 Å². The van der Waals surface area contributed by atoms with Crippen LogP contribution in [0.4, 0.5) is 0 Å². The van der Waals surface area contributed by atoms with Gasteiger partial charge in [0, 0.05) is 7.05 Å². The molecule has 0 spiro atoms. The molecule has 4 heteroatoms. The van der Waals surface area contributed by atoms with E-state index in [1.165, 1.54) is 4.90 Å². The van der Waals surface area contributed by atoms with E-state index < -0.39 is 5.97 Å². The molecule has 0 fully saturated rings. The highest BCUT2D eigenvalue weighted by Crippen LogP contribution is 2.05. The summed E-state index contributed by atoms with van der Waals surface area (Å²) in [6.07, 6.45) is 0.843. The van der Waals surface area contributed by atoms with E-state index in [1.54, 1.807) is 7.05 Å². The van der Waals surface area contributed by atoms with Gasteiger partial charge in [-0.15, -0.1) is 0 Å². The van der Waals surface area contributed by atoms with Crippen molar-refractivity contribution >= 4 is 5.97 Å². The summed E-state index contributed by atoms with van der Waals surface area (Å²) >= 11 is 0. The van der Waals surface area contributed by atoms with Gasteiger partial charge in [-0.1, -0.05) is 6.92 Å². The summed E-state index contributed by atoms with van der Waals surface area (Å²) in [6, 6.07) is 0. The van der Waals surface area contributed by atoms with E-state index in [0.29, 0.717) is 5.82 Å². The van der Waals surface area contributed by atoms with Crippen molar-refractivity contribution in [2.45, 2.75) is 20.3 Å². The Hall–Kier alpha value is -1.19. The van der Waals surface area contributed by atoms with Crippen molar-refractivity contribution in [3.8, 4) is 0 Å². The minimum atomic E-state index is -0.871. The molecule has 3 N–H and O–H groups in total. The molecule has 12 heavy (non-hydrogen) atoms. The van der Waals surface area contributed by atoms with Crippen LogP contribution in [0.25, 0.3) is 0 Å². The summed E-state index contributed by atoms with van der Waals surface area (Å²) in [6.45, 7) is 3.83. The third-order valence-electron chi connectivity index (χ3n) is 1.75. The summed E-state index contributed by atoms with van der Waals surface area (Å²) in [5.41, 5.74) is 6.67. The zero-order valence-corrected chi connectivity index (χ0v) is 7.79. The smallest absolute Gasteiger partial charge is 0.323 e. The van der Waals surface area contributed by atoms with Gasteiger partial charge in [-0.2, -0.15) is 0 Å². The van der Waals surface area contributed by atoms with Crippen LogP contribution >= 0.6 is 0 Å². The average molecular weight is 172 g/mol. The Labute approximate surface area is 72.7 Å². The van der Waals surface area contributed by atoms with Crippen LogP contribution in [-0.2, 0) is 4.79 Å². The fourth-order valence-electron chi connectivity index (χ4n) is 0.795. The molecular formula is C8H16N2O2. The predicted molar refractivity (Wildman–Crippen MR) is 47.4 cm³/mol. The summed E-state index contributed by atoms with van der Waals surface area (Å²) in [7, 11) is 1.67. The van der Waals surface area contributed by atoms with E-state index in [-0.39, 0.29) is 6.54 Å². The zero-order chi connectivity index (χ0) is 9.72. The van der Waals surface area contributed by atoms with Crippen molar-refractivity contribution in [1.29, 1.82) is 0 Å². The van der Waals surface area contributed by atoms with E-state index >= 15 is 0 Å². The molecule has 0 saturated carbocycles. The summed E-state index contributed by atoms with van der Waals surface area (Å²) in [4.78, 5) is 11.8. The van der Waals surface area contributed by atoms with E-state index in [1.807, 2.05) is 13.8 Å². The first-order valence-electron chi connectivity index (χ1n) is 3.87. The normalized spacial score (nSPS) is 12.2. The van der Waals surface area contributed by atoms with Crippen molar-refractivity contribution in [3.05, 3.63) is 11.4 Å². The largest absolute Gasteiger partial charge is 0.480 e. The van der Waals surface area contributed by atoms with Crippen molar-refractivity contribution in [3.63, 3.8) is 0 Å². The molecule has 0 unspecified atom stereocenters. The van der Waals surface area contributed by atoms with Crippen molar-refractivity contribution in [1.82, 2.24) is 4.90 Å². The third-order valence-corrected chi connectivity index (χ3v) is 1.75. The van der Waals surface area contributed by atoms with Crippen molar-refractivity contribution < 1.29 is 9.90 Å². The second kappa shape index (κ2) is 4.64. The highest BCUT2D eigenvalue weighted by molar-refractivity contribution is 5.69. The Balaban J connectivity index is 4.27. The van der Waals surface area contributed by atoms with Crippen molar-refractivity contribution in [2.75, 3.05) is 13.6 Å². The number of likely N-dealkylation sites (N-methyl/N-ethyl adjacent to an activating group) is 1.